The summed E-state index contributed by atoms with van der Waals surface area (Å²) in [4.78, 5) is 19.0. The molecule has 1 amide bonds. The maximum atomic E-state index is 13.7. The van der Waals surface area contributed by atoms with E-state index >= 15 is 0 Å². The van der Waals surface area contributed by atoms with Gasteiger partial charge in [-0.1, -0.05) is 6.07 Å². The third kappa shape index (κ3) is 3.78. The maximum absolute atomic E-state index is 13.7. The third-order valence-electron chi connectivity index (χ3n) is 5.06. The van der Waals surface area contributed by atoms with Crippen molar-refractivity contribution in [3.8, 4) is 22.6 Å². The Morgan fingerprint density at radius 1 is 1.30 bits per heavy atom. The Hall–Kier alpha value is -3.61. The number of hydrogen-bond donors (Lipinski definition) is 1. The van der Waals surface area contributed by atoms with Gasteiger partial charge in [0.2, 0.25) is 0 Å². The molecule has 1 N–H and O–H groups in total. The van der Waals surface area contributed by atoms with E-state index in [1.807, 2.05) is 24.4 Å². The van der Waals surface area contributed by atoms with E-state index in [0.29, 0.717) is 42.3 Å². The lowest BCUT2D eigenvalue weighted by Gasteiger charge is -2.33. The molecule has 0 spiro atoms. The van der Waals surface area contributed by atoms with Gasteiger partial charge in [0.15, 0.2) is 5.75 Å². The van der Waals surface area contributed by atoms with Gasteiger partial charge in [0.25, 0.3) is 5.91 Å². The van der Waals surface area contributed by atoms with Gasteiger partial charge in [-0.2, -0.15) is 0 Å². The van der Waals surface area contributed by atoms with Crippen LogP contribution in [-0.2, 0) is 6.54 Å². The molecule has 0 atom stereocenters. The number of rotatable bonds is 5. The topological polar surface area (TPSA) is 63.7 Å². The minimum absolute atomic E-state index is 0.252. The van der Waals surface area contributed by atoms with Crippen LogP contribution < -0.4 is 19.7 Å². The summed E-state index contributed by atoms with van der Waals surface area (Å²) < 4.78 is 25.0. The van der Waals surface area contributed by atoms with Gasteiger partial charge < -0.3 is 19.7 Å². The van der Waals surface area contributed by atoms with Crippen LogP contribution in [-0.4, -0.2) is 38.2 Å². The van der Waals surface area contributed by atoms with E-state index in [0.717, 1.165) is 16.8 Å². The molecule has 3 aromatic rings. The summed E-state index contributed by atoms with van der Waals surface area (Å²) >= 11 is 0. The van der Waals surface area contributed by atoms with Crippen LogP contribution in [0.5, 0.6) is 11.5 Å². The average Bonchev–Trinajstić information content (AvgIpc) is 2.78. The smallest absolute Gasteiger partial charge is 0.254 e. The molecule has 1 aromatic heterocycles. The first kappa shape index (κ1) is 19.7. The predicted molar refractivity (Wildman–Crippen MR) is 113 cm³/mol. The number of carbonyl (C=O) groups is 1. The zero-order valence-corrected chi connectivity index (χ0v) is 16.8. The first-order valence-corrected chi connectivity index (χ1v) is 9.61. The minimum Gasteiger partial charge on any atom is -0.496 e. The Morgan fingerprint density at radius 3 is 2.90 bits per heavy atom. The van der Waals surface area contributed by atoms with Crippen LogP contribution in [0.4, 0.5) is 10.1 Å². The lowest BCUT2D eigenvalue weighted by atomic mass is 9.98. The first-order chi connectivity index (χ1) is 14.6. The van der Waals surface area contributed by atoms with Gasteiger partial charge in [-0.05, 0) is 41.5 Å². The molecule has 6 nitrogen and oxygen atoms in total. The number of benzene rings is 2. The summed E-state index contributed by atoms with van der Waals surface area (Å²) in [6.07, 6.45) is 3.56. The largest absolute Gasteiger partial charge is 0.496 e. The molecular weight excluding hydrogens is 385 g/mol. The number of nitrogens with one attached hydrogen (secondary N) is 1. The van der Waals surface area contributed by atoms with Gasteiger partial charge >= 0.3 is 0 Å². The molecule has 0 aliphatic carbocycles. The van der Waals surface area contributed by atoms with E-state index < -0.39 is 0 Å². The van der Waals surface area contributed by atoms with Crippen molar-refractivity contribution in [2.24, 2.45) is 0 Å². The van der Waals surface area contributed by atoms with E-state index in [4.69, 9.17) is 9.47 Å². The number of hydrogen-bond acceptors (Lipinski definition) is 5. The minimum atomic E-state index is -0.387. The molecule has 2 heterocycles. The van der Waals surface area contributed by atoms with Crippen molar-refractivity contribution in [3.05, 3.63) is 71.8 Å². The van der Waals surface area contributed by atoms with Gasteiger partial charge in [-0.25, -0.2) is 4.39 Å². The van der Waals surface area contributed by atoms with E-state index in [-0.39, 0.29) is 11.7 Å². The Kier molecular flexibility index (Phi) is 5.52. The zero-order valence-electron chi connectivity index (χ0n) is 16.8. The zero-order chi connectivity index (χ0) is 21.1. The third-order valence-corrected chi connectivity index (χ3v) is 5.06. The number of aromatic nitrogens is 1. The van der Waals surface area contributed by atoms with Gasteiger partial charge in [0.05, 0.1) is 24.9 Å². The van der Waals surface area contributed by atoms with Crippen LogP contribution >= 0.6 is 0 Å². The molecular formula is C23H22FN3O3. The van der Waals surface area contributed by atoms with Crippen molar-refractivity contribution in [3.63, 3.8) is 0 Å². The molecule has 30 heavy (non-hydrogen) atoms. The maximum Gasteiger partial charge on any atom is 0.254 e. The number of amides is 1. The number of halogens is 1. The van der Waals surface area contributed by atoms with Crippen LogP contribution in [0.3, 0.4) is 0 Å². The molecule has 0 bridgehead atoms. The molecule has 1 aliphatic rings. The van der Waals surface area contributed by atoms with E-state index in [1.165, 1.54) is 19.2 Å². The molecule has 2 aromatic carbocycles. The van der Waals surface area contributed by atoms with Gasteiger partial charge in [0.1, 0.15) is 18.2 Å². The summed E-state index contributed by atoms with van der Waals surface area (Å²) in [5.74, 6) is 0.293. The molecule has 0 radical (unpaired) electrons. The SMILES string of the molecule is CNC(=O)c1cc(-c2ccc(F)cc2OC)cc2c1OCCN2Cc1cccnc1. The van der Waals surface area contributed by atoms with Gasteiger partial charge in [-0.3, -0.25) is 9.78 Å². The molecule has 0 unspecified atom stereocenters. The van der Waals surface area contributed by atoms with Crippen LogP contribution in [0.15, 0.2) is 54.9 Å². The Labute approximate surface area is 174 Å². The van der Waals surface area contributed by atoms with Crippen molar-refractivity contribution in [1.82, 2.24) is 10.3 Å². The van der Waals surface area contributed by atoms with Crippen LogP contribution in [0.25, 0.3) is 11.1 Å². The predicted octanol–water partition coefficient (Wildman–Crippen LogP) is 3.65. The van der Waals surface area contributed by atoms with Crippen molar-refractivity contribution in [2.75, 3.05) is 32.2 Å². The Morgan fingerprint density at radius 2 is 2.17 bits per heavy atom. The number of ether oxygens (including phenoxy) is 2. The molecule has 0 saturated heterocycles. The van der Waals surface area contributed by atoms with Crippen LogP contribution in [0, 0.1) is 5.82 Å². The Balaban J connectivity index is 1.86. The highest BCUT2D eigenvalue weighted by atomic mass is 19.1. The van der Waals surface area contributed by atoms with Crippen molar-refractivity contribution < 1.29 is 18.7 Å². The van der Waals surface area contributed by atoms with Crippen LogP contribution in [0.2, 0.25) is 0 Å². The second kappa shape index (κ2) is 8.41. The monoisotopic (exact) mass is 407 g/mol. The molecule has 0 saturated carbocycles. The molecule has 0 fully saturated rings. The summed E-state index contributed by atoms with van der Waals surface area (Å²) in [5, 5.41) is 2.67. The molecule has 7 heteroatoms. The summed E-state index contributed by atoms with van der Waals surface area (Å²) in [5.41, 5.74) is 3.71. The quantitative estimate of drug-likeness (QED) is 0.700. The van der Waals surface area contributed by atoms with Gasteiger partial charge in [0, 0.05) is 37.6 Å². The van der Waals surface area contributed by atoms with E-state index in [9.17, 15) is 9.18 Å². The lowest BCUT2D eigenvalue weighted by molar-refractivity contribution is 0.0958. The molecule has 154 valence electrons. The molecule has 4 rings (SSSR count). The van der Waals surface area contributed by atoms with Crippen molar-refractivity contribution in [2.45, 2.75) is 6.54 Å². The number of carbonyl (C=O) groups excluding carboxylic acids is 1. The van der Waals surface area contributed by atoms with Gasteiger partial charge in [-0.15, -0.1) is 0 Å². The number of methoxy groups -OCH3 is 1. The van der Waals surface area contributed by atoms with E-state index in [1.54, 1.807) is 25.4 Å². The number of fused-ring (bicyclic) bond motifs is 1. The van der Waals surface area contributed by atoms with Crippen LogP contribution in [0.1, 0.15) is 15.9 Å². The lowest BCUT2D eigenvalue weighted by Crippen LogP contribution is -2.33. The van der Waals surface area contributed by atoms with Crippen molar-refractivity contribution >= 4 is 11.6 Å². The fourth-order valence-corrected chi connectivity index (χ4v) is 3.62. The number of pyridine rings is 1. The van der Waals surface area contributed by atoms with Crippen molar-refractivity contribution in [1.29, 1.82) is 0 Å². The normalized spacial score (nSPS) is 12.7. The fraction of sp³-hybridized carbons (Fsp3) is 0.217. The summed E-state index contributed by atoms with van der Waals surface area (Å²) in [6.45, 7) is 1.76. The summed E-state index contributed by atoms with van der Waals surface area (Å²) in [6, 6.07) is 12.0. The highest BCUT2D eigenvalue weighted by molar-refractivity contribution is 6.01. The number of anilines is 1. The second-order valence-corrected chi connectivity index (χ2v) is 6.93. The summed E-state index contributed by atoms with van der Waals surface area (Å²) in [7, 11) is 3.07. The van der Waals surface area contributed by atoms with E-state index in [2.05, 4.69) is 15.2 Å². The first-order valence-electron chi connectivity index (χ1n) is 9.61. The standard InChI is InChI=1S/C23H22FN3O3/c1-25-23(28)19-10-16(18-6-5-17(24)12-21(18)29-2)11-20-22(19)30-9-8-27(20)14-15-4-3-7-26-13-15/h3-7,10-13H,8-9,14H2,1-2H3,(H,25,28). The average molecular weight is 407 g/mol. The highest BCUT2D eigenvalue weighted by Gasteiger charge is 2.26. The highest BCUT2D eigenvalue weighted by Crippen LogP contribution is 2.42. The Bertz CT molecular complexity index is 1070. The molecule has 1 aliphatic heterocycles. The fourth-order valence-electron chi connectivity index (χ4n) is 3.62. The second-order valence-electron chi connectivity index (χ2n) is 6.93. The number of nitrogens with zero attached hydrogens (tertiary/aromatic N) is 2.